The summed E-state index contributed by atoms with van der Waals surface area (Å²) in [4.78, 5) is 2.35. The van der Waals surface area contributed by atoms with E-state index in [0.717, 1.165) is 38.1 Å². The van der Waals surface area contributed by atoms with E-state index in [1.165, 1.54) is 11.3 Å². The topological polar surface area (TPSA) is 32.7 Å². The molecule has 0 unspecified atom stereocenters. The van der Waals surface area contributed by atoms with E-state index in [4.69, 9.17) is 4.74 Å². The number of rotatable bonds is 5. The lowest BCUT2D eigenvalue weighted by atomic mass is 10.1. The van der Waals surface area contributed by atoms with Gasteiger partial charge in [0.25, 0.3) is 0 Å². The van der Waals surface area contributed by atoms with E-state index in [0.29, 0.717) is 0 Å². The Bertz CT molecular complexity index is 425. The van der Waals surface area contributed by atoms with Gasteiger partial charge in [-0.25, -0.2) is 0 Å². The van der Waals surface area contributed by atoms with Crippen molar-refractivity contribution < 1.29 is 9.84 Å². The number of nitrogens with zero attached hydrogens (tertiary/aromatic N) is 1. The Kier molecular flexibility index (Phi) is 5.00. The summed E-state index contributed by atoms with van der Waals surface area (Å²) in [5.74, 6) is 0. The zero-order valence-electron chi connectivity index (χ0n) is 11.8. The Balaban J connectivity index is 2.00. The molecule has 2 rings (SSSR count). The van der Waals surface area contributed by atoms with Crippen molar-refractivity contribution in [3.8, 4) is 0 Å². The Morgan fingerprint density at radius 1 is 1.32 bits per heavy atom. The number of aliphatic hydroxyl groups is 1. The van der Waals surface area contributed by atoms with Crippen molar-refractivity contribution in [1.82, 2.24) is 0 Å². The molecule has 0 saturated carbocycles. The molecule has 0 aliphatic carbocycles. The molecule has 3 nitrogen and oxygen atoms in total. The summed E-state index contributed by atoms with van der Waals surface area (Å²) in [6.07, 6.45) is 3.73. The number of anilines is 1. The lowest BCUT2D eigenvalue weighted by molar-refractivity contribution is 0.173. The molecule has 0 amide bonds. The molecular weight excluding hydrogens is 238 g/mol. The van der Waals surface area contributed by atoms with E-state index in [9.17, 15) is 5.11 Å². The molecule has 3 heteroatoms. The quantitative estimate of drug-likeness (QED) is 0.827. The van der Waals surface area contributed by atoms with Crippen LogP contribution in [0.4, 0.5) is 5.69 Å². The fraction of sp³-hybridized carbons (Fsp3) is 0.500. The third-order valence-corrected chi connectivity index (χ3v) is 3.66. The van der Waals surface area contributed by atoms with Gasteiger partial charge in [-0.3, -0.25) is 0 Å². The largest absolute Gasteiger partial charge is 0.388 e. The van der Waals surface area contributed by atoms with Crippen LogP contribution in [-0.2, 0) is 4.74 Å². The Hall–Kier alpha value is -1.32. The molecule has 1 heterocycles. The zero-order valence-corrected chi connectivity index (χ0v) is 11.8. The SMILES string of the molecule is CC[C@H](O)c1ccc(N2CC=C(COC)CC2)cc1. The second-order valence-electron chi connectivity index (χ2n) is 5.01. The van der Waals surface area contributed by atoms with E-state index in [1.54, 1.807) is 7.11 Å². The molecule has 1 atom stereocenters. The van der Waals surface area contributed by atoms with Crippen molar-refractivity contribution in [3.05, 3.63) is 41.5 Å². The second-order valence-corrected chi connectivity index (χ2v) is 5.01. The summed E-state index contributed by atoms with van der Waals surface area (Å²) < 4.78 is 5.16. The van der Waals surface area contributed by atoms with Gasteiger partial charge in [0.15, 0.2) is 0 Å². The van der Waals surface area contributed by atoms with E-state index in [-0.39, 0.29) is 6.10 Å². The van der Waals surface area contributed by atoms with E-state index in [2.05, 4.69) is 23.1 Å². The maximum Gasteiger partial charge on any atom is 0.0787 e. The van der Waals surface area contributed by atoms with Gasteiger partial charge in [0.1, 0.15) is 0 Å². The highest BCUT2D eigenvalue weighted by Crippen LogP contribution is 2.23. The summed E-state index contributed by atoms with van der Waals surface area (Å²) in [7, 11) is 1.74. The van der Waals surface area contributed by atoms with Crippen LogP contribution < -0.4 is 4.90 Å². The molecule has 19 heavy (non-hydrogen) atoms. The lowest BCUT2D eigenvalue weighted by Crippen LogP contribution is -2.29. The van der Waals surface area contributed by atoms with Gasteiger partial charge < -0.3 is 14.7 Å². The Labute approximate surface area is 115 Å². The summed E-state index contributed by atoms with van der Waals surface area (Å²) in [6.45, 7) is 4.71. The predicted octanol–water partition coefficient (Wildman–Crippen LogP) is 2.91. The van der Waals surface area contributed by atoms with Crippen LogP contribution in [0.1, 0.15) is 31.4 Å². The van der Waals surface area contributed by atoms with Gasteiger partial charge in [-0.1, -0.05) is 25.1 Å². The summed E-state index contributed by atoms with van der Waals surface area (Å²) in [5.41, 5.74) is 3.61. The van der Waals surface area contributed by atoms with Crippen LogP contribution in [-0.4, -0.2) is 31.9 Å². The van der Waals surface area contributed by atoms with Crippen LogP contribution in [0.25, 0.3) is 0 Å². The van der Waals surface area contributed by atoms with E-state index < -0.39 is 0 Å². The first-order valence-electron chi connectivity index (χ1n) is 6.94. The monoisotopic (exact) mass is 261 g/mol. The summed E-state index contributed by atoms with van der Waals surface area (Å²) in [6, 6.07) is 8.25. The fourth-order valence-electron chi connectivity index (χ4n) is 2.41. The lowest BCUT2D eigenvalue weighted by Gasteiger charge is -2.28. The van der Waals surface area contributed by atoms with Crippen molar-refractivity contribution in [3.63, 3.8) is 0 Å². The minimum Gasteiger partial charge on any atom is -0.388 e. The molecule has 0 saturated heterocycles. The summed E-state index contributed by atoms with van der Waals surface area (Å²) >= 11 is 0. The van der Waals surface area contributed by atoms with Gasteiger partial charge in [0.2, 0.25) is 0 Å². The second kappa shape index (κ2) is 6.73. The van der Waals surface area contributed by atoms with Gasteiger partial charge in [0, 0.05) is 25.9 Å². The predicted molar refractivity (Wildman–Crippen MR) is 78.5 cm³/mol. The number of hydrogen-bond acceptors (Lipinski definition) is 3. The molecular formula is C16H23NO2. The molecule has 1 aliphatic rings. The average Bonchev–Trinajstić information content (AvgIpc) is 2.48. The molecule has 1 N–H and O–H groups in total. The average molecular weight is 261 g/mol. The zero-order chi connectivity index (χ0) is 13.7. The first-order chi connectivity index (χ1) is 9.24. The van der Waals surface area contributed by atoms with E-state index in [1.807, 2.05) is 19.1 Å². The number of aliphatic hydroxyl groups excluding tert-OH is 1. The molecule has 104 valence electrons. The molecule has 0 spiro atoms. The number of methoxy groups -OCH3 is 1. The molecule has 0 fully saturated rings. The number of benzene rings is 1. The first kappa shape index (κ1) is 14.1. The molecule has 1 aromatic carbocycles. The molecule has 0 aromatic heterocycles. The third-order valence-electron chi connectivity index (χ3n) is 3.66. The Morgan fingerprint density at radius 2 is 2.05 bits per heavy atom. The van der Waals surface area contributed by atoms with Gasteiger partial charge in [-0.15, -0.1) is 0 Å². The van der Waals surface area contributed by atoms with Crippen molar-refractivity contribution in [1.29, 1.82) is 0 Å². The first-order valence-corrected chi connectivity index (χ1v) is 6.94. The minimum absolute atomic E-state index is 0.344. The highest BCUT2D eigenvalue weighted by Gasteiger charge is 2.12. The smallest absolute Gasteiger partial charge is 0.0787 e. The fourth-order valence-corrected chi connectivity index (χ4v) is 2.41. The van der Waals surface area contributed by atoms with Crippen molar-refractivity contribution in [2.75, 3.05) is 31.7 Å². The summed E-state index contributed by atoms with van der Waals surface area (Å²) in [5, 5.41) is 9.79. The van der Waals surface area contributed by atoms with Crippen LogP contribution in [0.5, 0.6) is 0 Å². The van der Waals surface area contributed by atoms with E-state index >= 15 is 0 Å². The standard InChI is InChI=1S/C16H23NO2/c1-3-16(18)14-4-6-15(7-5-14)17-10-8-13(9-11-17)12-19-2/h4-8,16,18H,3,9-12H2,1-2H3/t16-/m0/s1. The van der Waals surface area contributed by atoms with Crippen LogP contribution in [0.3, 0.4) is 0 Å². The van der Waals surface area contributed by atoms with Gasteiger partial charge in [-0.05, 0) is 36.1 Å². The van der Waals surface area contributed by atoms with Crippen molar-refractivity contribution >= 4 is 5.69 Å². The van der Waals surface area contributed by atoms with Gasteiger partial charge in [-0.2, -0.15) is 0 Å². The van der Waals surface area contributed by atoms with Crippen LogP contribution in [0.2, 0.25) is 0 Å². The van der Waals surface area contributed by atoms with Crippen molar-refractivity contribution in [2.24, 2.45) is 0 Å². The highest BCUT2D eigenvalue weighted by atomic mass is 16.5. The van der Waals surface area contributed by atoms with Gasteiger partial charge in [0.05, 0.1) is 12.7 Å². The van der Waals surface area contributed by atoms with Crippen LogP contribution >= 0.6 is 0 Å². The molecule has 0 bridgehead atoms. The third kappa shape index (κ3) is 3.58. The van der Waals surface area contributed by atoms with Crippen LogP contribution in [0.15, 0.2) is 35.9 Å². The minimum atomic E-state index is -0.344. The Morgan fingerprint density at radius 3 is 2.58 bits per heavy atom. The maximum absolute atomic E-state index is 9.79. The molecule has 1 aromatic rings. The molecule has 0 radical (unpaired) electrons. The van der Waals surface area contributed by atoms with Gasteiger partial charge >= 0.3 is 0 Å². The highest BCUT2D eigenvalue weighted by molar-refractivity contribution is 5.49. The van der Waals surface area contributed by atoms with Crippen LogP contribution in [0, 0.1) is 0 Å². The number of hydrogen-bond donors (Lipinski definition) is 1. The number of ether oxygens (including phenoxy) is 1. The normalized spacial score (nSPS) is 17.2. The van der Waals surface area contributed by atoms with Crippen molar-refractivity contribution in [2.45, 2.75) is 25.9 Å². The maximum atomic E-state index is 9.79. The molecule has 1 aliphatic heterocycles.